The Morgan fingerprint density at radius 1 is 0.808 bits per heavy atom. The number of hydrogen-bond donors (Lipinski definition) is 6. The normalized spacial score (nSPS) is 17.9. The first-order chi connectivity index (χ1) is 24.9. The van der Waals surface area contributed by atoms with Crippen LogP contribution in [0.5, 0.6) is 0 Å². The van der Waals surface area contributed by atoms with Crippen LogP contribution in [0, 0.1) is 5.92 Å². The number of likely N-dealkylation sites (tertiary alicyclic amines) is 1. The molecule has 14 heteroatoms. The Bertz CT molecular complexity index is 1450. The van der Waals surface area contributed by atoms with Crippen molar-refractivity contribution in [3.05, 3.63) is 71.8 Å². The molecule has 2 aromatic rings. The van der Waals surface area contributed by atoms with Crippen molar-refractivity contribution in [3.63, 3.8) is 0 Å². The van der Waals surface area contributed by atoms with Gasteiger partial charge in [0.05, 0.1) is 12.6 Å². The molecule has 1 aliphatic rings. The number of carbonyl (C=O) groups excluding carboxylic acids is 5. The molecular weight excluding hydrogens is 666 g/mol. The number of amides is 4. The molecule has 1 unspecified atom stereocenters. The first kappa shape index (κ1) is 42.0. The number of nitrogens with zero attached hydrogens (tertiary/aromatic N) is 1. The van der Waals surface area contributed by atoms with Gasteiger partial charge in [0.25, 0.3) is 0 Å². The maximum atomic E-state index is 13.9. The van der Waals surface area contributed by atoms with E-state index in [1.165, 1.54) is 12.0 Å². The molecule has 1 heterocycles. The van der Waals surface area contributed by atoms with Crippen LogP contribution in [0.4, 0.5) is 0 Å². The average Bonchev–Trinajstić information content (AvgIpc) is 3.54. The van der Waals surface area contributed by atoms with Crippen LogP contribution in [0.3, 0.4) is 0 Å². The summed E-state index contributed by atoms with van der Waals surface area (Å²) in [5.74, 6) is -2.63. The zero-order valence-electron chi connectivity index (χ0n) is 30.7. The number of esters is 1. The number of nitrogens with two attached hydrogens (primary N) is 3. The Labute approximate surface area is 306 Å². The number of unbranched alkanes of at least 4 members (excludes halogenated alkanes) is 1. The first-order valence-corrected chi connectivity index (χ1v) is 18.0. The Hall–Kier alpha value is -4.37. The third-order valence-corrected chi connectivity index (χ3v) is 8.99. The van der Waals surface area contributed by atoms with E-state index in [9.17, 15) is 24.0 Å². The number of hydrogen-bond acceptors (Lipinski definition) is 10. The topological polar surface area (TPSA) is 221 Å². The van der Waals surface area contributed by atoms with Crippen molar-refractivity contribution in [2.24, 2.45) is 23.1 Å². The molecule has 2 aromatic carbocycles. The second kappa shape index (κ2) is 21.2. The van der Waals surface area contributed by atoms with Crippen molar-refractivity contribution in [2.45, 2.75) is 88.5 Å². The molecule has 4 amide bonds. The lowest BCUT2D eigenvalue weighted by molar-refractivity contribution is -0.151. The maximum absolute atomic E-state index is 13.9. The second-order valence-corrected chi connectivity index (χ2v) is 13.9. The third kappa shape index (κ3) is 13.3. The van der Waals surface area contributed by atoms with Gasteiger partial charge in [0.15, 0.2) is 0 Å². The van der Waals surface area contributed by atoms with Gasteiger partial charge in [-0.05, 0) is 62.1 Å². The highest BCUT2D eigenvalue weighted by molar-refractivity contribution is 5.95. The highest BCUT2D eigenvalue weighted by atomic mass is 16.6. The minimum Gasteiger partial charge on any atom is -0.462 e. The van der Waals surface area contributed by atoms with Crippen molar-refractivity contribution >= 4 is 29.6 Å². The molecule has 1 saturated heterocycles. The predicted octanol–water partition coefficient (Wildman–Crippen LogP) is 0.548. The smallest absolute Gasteiger partial charge is 0.328 e. The largest absolute Gasteiger partial charge is 0.462 e. The van der Waals surface area contributed by atoms with Crippen LogP contribution in [0.25, 0.3) is 0 Å². The van der Waals surface area contributed by atoms with E-state index in [1.54, 1.807) is 0 Å². The highest BCUT2D eigenvalue weighted by Crippen LogP contribution is 2.22. The van der Waals surface area contributed by atoms with Gasteiger partial charge in [0, 0.05) is 26.6 Å². The van der Waals surface area contributed by atoms with Crippen LogP contribution in [0.1, 0.15) is 57.1 Å². The monoisotopic (exact) mass is 723 g/mol. The summed E-state index contributed by atoms with van der Waals surface area (Å²) in [5.41, 5.74) is 18.7. The lowest BCUT2D eigenvalue weighted by Gasteiger charge is -2.29. The Morgan fingerprint density at radius 2 is 1.38 bits per heavy atom. The van der Waals surface area contributed by atoms with E-state index >= 15 is 0 Å². The number of methoxy groups -OCH3 is 1. The number of ether oxygens (including phenoxy) is 2. The van der Waals surface area contributed by atoms with Crippen LogP contribution in [-0.4, -0.2) is 104 Å². The molecule has 5 atom stereocenters. The number of rotatable bonds is 21. The molecule has 0 aliphatic carbocycles. The van der Waals surface area contributed by atoms with E-state index in [0.717, 1.165) is 11.1 Å². The molecule has 0 spiro atoms. The second-order valence-electron chi connectivity index (χ2n) is 13.9. The molecule has 0 radical (unpaired) electrons. The number of carbonyl (C=O) groups is 5. The van der Waals surface area contributed by atoms with Crippen LogP contribution in [0.2, 0.25) is 0 Å². The van der Waals surface area contributed by atoms with Gasteiger partial charge in [-0.2, -0.15) is 0 Å². The van der Waals surface area contributed by atoms with Crippen LogP contribution in [-0.2, 0) is 46.3 Å². The summed E-state index contributed by atoms with van der Waals surface area (Å²) >= 11 is 0. The molecule has 0 saturated carbocycles. The van der Waals surface area contributed by atoms with Crippen LogP contribution >= 0.6 is 0 Å². The molecule has 0 aromatic heterocycles. The summed E-state index contributed by atoms with van der Waals surface area (Å²) in [6.07, 6.45) is 2.39. The summed E-state index contributed by atoms with van der Waals surface area (Å²) in [5, 5.41) is 8.53. The highest BCUT2D eigenvalue weighted by Gasteiger charge is 2.45. The van der Waals surface area contributed by atoms with Crippen molar-refractivity contribution in [2.75, 3.05) is 40.0 Å². The van der Waals surface area contributed by atoms with Gasteiger partial charge in [0.2, 0.25) is 23.6 Å². The van der Waals surface area contributed by atoms with Gasteiger partial charge in [-0.1, -0.05) is 74.5 Å². The minimum atomic E-state index is -1.38. The predicted molar refractivity (Wildman–Crippen MR) is 197 cm³/mol. The molecule has 0 bridgehead atoms. The lowest BCUT2D eigenvalue weighted by Crippen LogP contribution is -2.59. The van der Waals surface area contributed by atoms with E-state index in [1.807, 2.05) is 74.5 Å². The number of nitrogens with one attached hydrogen (secondary N) is 3. The van der Waals surface area contributed by atoms with Gasteiger partial charge in [-0.25, -0.2) is 4.79 Å². The van der Waals surface area contributed by atoms with Gasteiger partial charge in [0.1, 0.15) is 30.3 Å². The summed E-state index contributed by atoms with van der Waals surface area (Å²) in [7, 11) is 1.49. The Balaban J connectivity index is 1.76. The van der Waals surface area contributed by atoms with Crippen molar-refractivity contribution < 1.29 is 33.4 Å². The van der Waals surface area contributed by atoms with E-state index in [2.05, 4.69) is 16.0 Å². The van der Waals surface area contributed by atoms with Gasteiger partial charge < -0.3 is 47.5 Å². The van der Waals surface area contributed by atoms with E-state index in [-0.39, 0.29) is 57.9 Å². The zero-order chi connectivity index (χ0) is 38.1. The Kier molecular flexibility index (Phi) is 17.2. The fourth-order valence-corrected chi connectivity index (χ4v) is 6.07. The molecule has 9 N–H and O–H groups in total. The minimum absolute atomic E-state index is 0.00976. The molecule has 52 heavy (non-hydrogen) atoms. The quantitative estimate of drug-likeness (QED) is 0.0776. The van der Waals surface area contributed by atoms with Crippen molar-refractivity contribution in [1.82, 2.24) is 20.9 Å². The SMILES string of the molecule is COCCOC(=O)C1(N)CCN(C(=O)[C@@H](CCCCN)NC(=O)[C@@H](CC(C)C)NC(=O)[C@@H](Cc2ccccc2)NC(=O)[C@H](N)Cc2ccccc2)C1. The van der Waals surface area contributed by atoms with Gasteiger partial charge >= 0.3 is 5.97 Å². The van der Waals surface area contributed by atoms with Gasteiger partial charge in [-0.3, -0.25) is 19.2 Å². The van der Waals surface area contributed by atoms with E-state index in [4.69, 9.17) is 26.7 Å². The molecule has 1 fully saturated rings. The van der Waals surface area contributed by atoms with E-state index < -0.39 is 59.3 Å². The zero-order valence-corrected chi connectivity index (χ0v) is 30.7. The molecule has 3 rings (SSSR count). The molecule has 1 aliphatic heterocycles. The standard InChI is InChI=1S/C38H57N7O7/c1-26(2)22-31(34(47)42-30(16-10-11-18-39)36(49)45-19-17-38(41,25-45)37(50)52-21-20-51-3)44-35(48)32(24-28-14-8-5-9-15-28)43-33(46)29(40)23-27-12-6-4-7-13-27/h4-9,12-15,26,29-32H,10-11,16-25,39-41H2,1-3H3,(H,42,47)(H,43,46)(H,44,48)/t29-,30-,31-,32-,38?/m1/s1. The van der Waals surface area contributed by atoms with Crippen LogP contribution < -0.4 is 33.2 Å². The lowest BCUT2D eigenvalue weighted by atomic mass is 9.99. The fourth-order valence-electron chi connectivity index (χ4n) is 6.07. The molecule has 14 nitrogen and oxygen atoms in total. The third-order valence-electron chi connectivity index (χ3n) is 8.99. The molecular formula is C38H57N7O7. The summed E-state index contributed by atoms with van der Waals surface area (Å²) < 4.78 is 10.2. The summed E-state index contributed by atoms with van der Waals surface area (Å²) in [4.78, 5) is 69.2. The maximum Gasteiger partial charge on any atom is 0.328 e. The van der Waals surface area contributed by atoms with Gasteiger partial charge in [-0.15, -0.1) is 0 Å². The summed E-state index contributed by atoms with van der Waals surface area (Å²) in [6, 6.07) is 14.7. The first-order valence-electron chi connectivity index (χ1n) is 18.0. The van der Waals surface area contributed by atoms with Crippen molar-refractivity contribution in [1.29, 1.82) is 0 Å². The van der Waals surface area contributed by atoms with Crippen LogP contribution in [0.15, 0.2) is 60.7 Å². The van der Waals surface area contributed by atoms with E-state index in [0.29, 0.717) is 25.8 Å². The Morgan fingerprint density at radius 3 is 1.98 bits per heavy atom. The van der Waals surface area contributed by atoms with Crippen molar-refractivity contribution in [3.8, 4) is 0 Å². The fraction of sp³-hybridized carbons (Fsp3) is 0.553. The number of benzene rings is 2. The summed E-state index contributed by atoms with van der Waals surface area (Å²) in [6.45, 7) is 4.64. The molecule has 286 valence electrons. The average molecular weight is 724 g/mol.